The van der Waals surface area contributed by atoms with Crippen LogP contribution in [-0.4, -0.2) is 0 Å². The van der Waals surface area contributed by atoms with Gasteiger partial charge in [-0.25, -0.2) is 0 Å². The standard InChI is InChI=1S/C36H31N3S/c1-25-12-15-30(16-13-25)39(31-17-14-28-9-5-6-10-29(28)21-31)32-18-19-35-34(22-32)36(3,4)26(2)20-33(40-35)11-7-8-27(23-37)24-38/h5,7-9,11-22H,2,6,10H2,1,3-4H3/b11-7+. The van der Waals surface area contributed by atoms with Crippen LogP contribution in [0.5, 0.6) is 0 Å². The van der Waals surface area contributed by atoms with Crippen molar-refractivity contribution < 1.29 is 0 Å². The van der Waals surface area contributed by atoms with Crippen LogP contribution in [-0.2, 0) is 11.8 Å². The van der Waals surface area contributed by atoms with Crippen LogP contribution in [0.2, 0.25) is 0 Å². The van der Waals surface area contributed by atoms with Gasteiger partial charge in [0.1, 0.15) is 17.7 Å². The second kappa shape index (κ2) is 11.3. The molecule has 196 valence electrons. The van der Waals surface area contributed by atoms with Crippen LogP contribution in [0.3, 0.4) is 0 Å². The second-order valence-electron chi connectivity index (χ2n) is 10.6. The summed E-state index contributed by atoms with van der Waals surface area (Å²) in [5.41, 5.74) is 9.27. The van der Waals surface area contributed by atoms with Gasteiger partial charge in [0.05, 0.1) is 0 Å². The van der Waals surface area contributed by atoms with Gasteiger partial charge in [0.2, 0.25) is 0 Å². The lowest BCUT2D eigenvalue weighted by atomic mass is 9.78. The number of anilines is 3. The average Bonchev–Trinajstić information content (AvgIpc) is 3.05. The van der Waals surface area contributed by atoms with Crippen molar-refractivity contribution in [1.82, 2.24) is 0 Å². The molecule has 4 heteroatoms. The SMILES string of the molecule is C=C1C=C(/C=C/C=C(C#N)C#N)Sc2ccc(N(c3ccc(C)cc3)c3ccc4c(c3)CCC=C4)cc2C1(C)C. The van der Waals surface area contributed by atoms with E-state index in [9.17, 15) is 0 Å². The van der Waals surface area contributed by atoms with E-state index in [4.69, 9.17) is 10.5 Å². The summed E-state index contributed by atoms with van der Waals surface area (Å²) in [4.78, 5) is 4.51. The van der Waals surface area contributed by atoms with Gasteiger partial charge in [-0.2, -0.15) is 10.5 Å². The van der Waals surface area contributed by atoms with Crippen molar-refractivity contribution >= 4 is 34.9 Å². The van der Waals surface area contributed by atoms with Crippen LogP contribution in [0.25, 0.3) is 6.08 Å². The third-order valence-electron chi connectivity index (χ3n) is 7.56. The molecule has 3 aromatic carbocycles. The Balaban J connectivity index is 1.59. The fourth-order valence-electron chi connectivity index (χ4n) is 5.04. The summed E-state index contributed by atoms with van der Waals surface area (Å²) in [6.45, 7) is 11.0. The number of fused-ring (bicyclic) bond motifs is 2. The molecule has 0 radical (unpaired) electrons. The molecule has 0 saturated heterocycles. The lowest BCUT2D eigenvalue weighted by Gasteiger charge is -2.31. The van der Waals surface area contributed by atoms with Gasteiger partial charge in [0, 0.05) is 32.3 Å². The maximum atomic E-state index is 9.04. The average molecular weight is 538 g/mol. The smallest absolute Gasteiger partial charge is 0.129 e. The predicted octanol–water partition coefficient (Wildman–Crippen LogP) is 9.78. The number of allylic oxidation sites excluding steroid dienone is 7. The van der Waals surface area contributed by atoms with E-state index in [1.54, 1.807) is 17.8 Å². The van der Waals surface area contributed by atoms with Crippen molar-refractivity contribution in [1.29, 1.82) is 10.5 Å². The number of hydrogen-bond donors (Lipinski definition) is 0. The molecule has 2 aliphatic rings. The molecule has 0 amide bonds. The van der Waals surface area contributed by atoms with E-state index in [1.807, 2.05) is 18.2 Å². The Labute approximate surface area is 241 Å². The molecule has 0 aromatic heterocycles. The molecule has 1 aliphatic carbocycles. The van der Waals surface area contributed by atoms with E-state index < -0.39 is 0 Å². The molecule has 0 unspecified atom stereocenters. The highest BCUT2D eigenvalue weighted by atomic mass is 32.2. The fourth-order valence-corrected chi connectivity index (χ4v) is 6.20. The van der Waals surface area contributed by atoms with Gasteiger partial charge in [-0.05, 0) is 103 Å². The number of aryl methyl sites for hydroxylation is 2. The highest BCUT2D eigenvalue weighted by Crippen LogP contribution is 2.47. The zero-order valence-corrected chi connectivity index (χ0v) is 23.9. The van der Waals surface area contributed by atoms with Gasteiger partial charge < -0.3 is 4.90 Å². The van der Waals surface area contributed by atoms with Gasteiger partial charge in [-0.1, -0.05) is 74.2 Å². The first-order chi connectivity index (χ1) is 19.3. The number of nitriles is 2. The molecule has 0 N–H and O–H groups in total. The molecule has 0 spiro atoms. The quantitative estimate of drug-likeness (QED) is 0.240. The van der Waals surface area contributed by atoms with Gasteiger partial charge >= 0.3 is 0 Å². The Bertz CT molecular complexity index is 1670. The summed E-state index contributed by atoms with van der Waals surface area (Å²) < 4.78 is 0. The number of nitrogens with zero attached hydrogens (tertiary/aromatic N) is 3. The van der Waals surface area contributed by atoms with E-state index in [0.717, 1.165) is 45.3 Å². The molecule has 3 aromatic rings. The summed E-state index contributed by atoms with van der Waals surface area (Å²) in [5.74, 6) is 0. The molecule has 0 fully saturated rings. The number of hydrogen-bond acceptors (Lipinski definition) is 4. The maximum absolute atomic E-state index is 9.04. The number of benzene rings is 3. The van der Waals surface area contributed by atoms with E-state index in [2.05, 4.69) is 111 Å². The van der Waals surface area contributed by atoms with E-state index in [1.165, 1.54) is 28.3 Å². The summed E-state index contributed by atoms with van der Waals surface area (Å²) in [7, 11) is 0. The highest BCUT2D eigenvalue weighted by Gasteiger charge is 2.30. The first kappa shape index (κ1) is 27.1. The van der Waals surface area contributed by atoms with Crippen LogP contribution in [0.15, 0.2) is 119 Å². The predicted molar refractivity (Wildman–Crippen MR) is 168 cm³/mol. The van der Waals surface area contributed by atoms with Crippen LogP contribution >= 0.6 is 11.8 Å². The molecule has 0 saturated carbocycles. The van der Waals surface area contributed by atoms with Gasteiger partial charge in [0.15, 0.2) is 0 Å². The van der Waals surface area contributed by atoms with E-state index in [-0.39, 0.29) is 11.0 Å². The molecule has 1 heterocycles. The monoisotopic (exact) mass is 537 g/mol. The summed E-state index contributed by atoms with van der Waals surface area (Å²) in [5, 5.41) is 18.1. The van der Waals surface area contributed by atoms with Crippen molar-refractivity contribution in [2.75, 3.05) is 4.90 Å². The second-order valence-corrected chi connectivity index (χ2v) is 11.8. The Morgan fingerprint density at radius 2 is 1.68 bits per heavy atom. The van der Waals surface area contributed by atoms with Gasteiger partial charge in [0.25, 0.3) is 0 Å². The number of rotatable bonds is 5. The molecule has 5 rings (SSSR count). The highest BCUT2D eigenvalue weighted by molar-refractivity contribution is 8.03. The van der Waals surface area contributed by atoms with Crippen molar-refractivity contribution in [3.63, 3.8) is 0 Å². The molecular formula is C36H31N3S. The lowest BCUT2D eigenvalue weighted by Crippen LogP contribution is -2.20. The largest absolute Gasteiger partial charge is 0.310 e. The minimum Gasteiger partial charge on any atom is -0.310 e. The molecule has 3 nitrogen and oxygen atoms in total. The topological polar surface area (TPSA) is 50.8 Å². The summed E-state index contributed by atoms with van der Waals surface area (Å²) >= 11 is 1.68. The fraction of sp³-hybridized carbons (Fsp3) is 0.167. The van der Waals surface area contributed by atoms with Crippen molar-refractivity contribution in [2.24, 2.45) is 0 Å². The minimum atomic E-state index is -0.298. The van der Waals surface area contributed by atoms with Crippen LogP contribution < -0.4 is 4.90 Å². The Hall–Kier alpha value is -4.51. The summed E-state index contributed by atoms with van der Waals surface area (Å²) in [6.07, 6.45) is 13.9. The summed E-state index contributed by atoms with van der Waals surface area (Å²) in [6, 6.07) is 26.0. The Morgan fingerprint density at radius 1 is 0.975 bits per heavy atom. The first-order valence-corrected chi connectivity index (χ1v) is 14.2. The third kappa shape index (κ3) is 5.46. The van der Waals surface area contributed by atoms with Crippen LogP contribution in [0.4, 0.5) is 17.1 Å². The third-order valence-corrected chi connectivity index (χ3v) is 8.63. The minimum absolute atomic E-state index is 0.0778. The number of thioether (sulfide) groups is 1. The van der Waals surface area contributed by atoms with Crippen LogP contribution in [0.1, 0.15) is 42.5 Å². The van der Waals surface area contributed by atoms with Crippen molar-refractivity contribution in [3.05, 3.63) is 136 Å². The molecule has 0 bridgehead atoms. The van der Waals surface area contributed by atoms with Gasteiger partial charge in [-0.15, -0.1) is 0 Å². The zero-order valence-electron chi connectivity index (χ0n) is 23.1. The van der Waals surface area contributed by atoms with Gasteiger partial charge in [-0.3, -0.25) is 0 Å². The Kier molecular flexibility index (Phi) is 7.65. The first-order valence-electron chi connectivity index (χ1n) is 13.4. The van der Waals surface area contributed by atoms with Crippen LogP contribution in [0, 0.1) is 29.6 Å². The lowest BCUT2D eigenvalue weighted by molar-refractivity contribution is 0.629. The normalized spacial score (nSPS) is 15.2. The maximum Gasteiger partial charge on any atom is 0.129 e. The van der Waals surface area contributed by atoms with Crippen molar-refractivity contribution in [2.45, 2.75) is 43.9 Å². The van der Waals surface area contributed by atoms with E-state index >= 15 is 0 Å². The zero-order chi connectivity index (χ0) is 28.3. The van der Waals surface area contributed by atoms with Crippen molar-refractivity contribution in [3.8, 4) is 12.1 Å². The molecule has 0 atom stereocenters. The Morgan fingerprint density at radius 3 is 2.42 bits per heavy atom. The molecule has 40 heavy (non-hydrogen) atoms. The van der Waals surface area contributed by atoms with E-state index in [0.29, 0.717) is 0 Å². The molecule has 1 aliphatic heterocycles. The molecular weight excluding hydrogens is 506 g/mol.